The molecule has 0 aromatic carbocycles. The fourth-order valence-corrected chi connectivity index (χ4v) is 3.08. The standard InChI is InChI=1S/C12H20N2S/c1-9(2)7-13-8-12-14-10-5-3-4-6-11(10)15-12/h9,13H,3-8H2,1-2H3. The van der Waals surface area contributed by atoms with E-state index in [0.717, 1.165) is 19.0 Å². The number of fused-ring (bicyclic) bond motifs is 1. The molecule has 0 saturated heterocycles. The molecule has 2 nitrogen and oxygen atoms in total. The van der Waals surface area contributed by atoms with Crippen LogP contribution in [0.25, 0.3) is 0 Å². The van der Waals surface area contributed by atoms with Gasteiger partial charge in [0.2, 0.25) is 0 Å². The van der Waals surface area contributed by atoms with Crippen molar-refractivity contribution in [1.82, 2.24) is 10.3 Å². The van der Waals surface area contributed by atoms with Crippen LogP contribution < -0.4 is 5.32 Å². The Morgan fingerprint density at radius 3 is 2.87 bits per heavy atom. The predicted octanol–water partition coefficient (Wildman–Crippen LogP) is 2.77. The molecular weight excluding hydrogens is 204 g/mol. The molecule has 0 fully saturated rings. The highest BCUT2D eigenvalue weighted by atomic mass is 32.1. The van der Waals surface area contributed by atoms with E-state index in [9.17, 15) is 0 Å². The molecule has 0 amide bonds. The number of aryl methyl sites for hydroxylation is 2. The SMILES string of the molecule is CC(C)CNCc1nc2c(s1)CCCC2. The van der Waals surface area contributed by atoms with Crippen LogP contribution in [0.1, 0.15) is 42.3 Å². The molecule has 15 heavy (non-hydrogen) atoms. The number of hydrogen-bond donors (Lipinski definition) is 1. The zero-order chi connectivity index (χ0) is 10.7. The Balaban J connectivity index is 1.89. The van der Waals surface area contributed by atoms with Crippen LogP contribution in [-0.4, -0.2) is 11.5 Å². The Kier molecular flexibility index (Phi) is 3.76. The minimum atomic E-state index is 0.722. The van der Waals surface area contributed by atoms with Gasteiger partial charge < -0.3 is 5.32 Å². The average molecular weight is 224 g/mol. The largest absolute Gasteiger partial charge is 0.310 e. The van der Waals surface area contributed by atoms with E-state index in [1.807, 2.05) is 11.3 Å². The summed E-state index contributed by atoms with van der Waals surface area (Å²) in [6, 6.07) is 0. The van der Waals surface area contributed by atoms with E-state index in [2.05, 4.69) is 19.2 Å². The van der Waals surface area contributed by atoms with Gasteiger partial charge >= 0.3 is 0 Å². The van der Waals surface area contributed by atoms with E-state index in [-0.39, 0.29) is 0 Å². The maximum absolute atomic E-state index is 4.70. The molecule has 0 spiro atoms. The van der Waals surface area contributed by atoms with Gasteiger partial charge in [-0.05, 0) is 38.1 Å². The fraction of sp³-hybridized carbons (Fsp3) is 0.750. The normalized spacial score (nSPS) is 15.7. The lowest BCUT2D eigenvalue weighted by Gasteiger charge is -2.06. The van der Waals surface area contributed by atoms with Crippen LogP contribution >= 0.6 is 11.3 Å². The quantitative estimate of drug-likeness (QED) is 0.850. The van der Waals surface area contributed by atoms with Crippen molar-refractivity contribution in [1.29, 1.82) is 0 Å². The highest BCUT2D eigenvalue weighted by Crippen LogP contribution is 2.26. The number of rotatable bonds is 4. The van der Waals surface area contributed by atoms with E-state index in [4.69, 9.17) is 4.98 Å². The van der Waals surface area contributed by atoms with Crippen molar-refractivity contribution in [3.8, 4) is 0 Å². The number of hydrogen-bond acceptors (Lipinski definition) is 3. The second-order valence-electron chi connectivity index (χ2n) is 4.71. The number of nitrogens with zero attached hydrogens (tertiary/aromatic N) is 1. The molecule has 1 heterocycles. The van der Waals surface area contributed by atoms with Crippen molar-refractivity contribution in [3.05, 3.63) is 15.6 Å². The van der Waals surface area contributed by atoms with Gasteiger partial charge in [-0.2, -0.15) is 0 Å². The van der Waals surface area contributed by atoms with E-state index < -0.39 is 0 Å². The summed E-state index contributed by atoms with van der Waals surface area (Å²) in [6.07, 6.45) is 5.15. The van der Waals surface area contributed by atoms with E-state index >= 15 is 0 Å². The Labute approximate surface area is 96.1 Å². The molecular formula is C12H20N2S. The van der Waals surface area contributed by atoms with Gasteiger partial charge in [0.1, 0.15) is 5.01 Å². The Morgan fingerprint density at radius 1 is 1.33 bits per heavy atom. The third-order valence-corrected chi connectivity index (χ3v) is 3.88. The third-order valence-electron chi connectivity index (χ3n) is 2.72. The van der Waals surface area contributed by atoms with Gasteiger partial charge in [-0.15, -0.1) is 11.3 Å². The maximum Gasteiger partial charge on any atom is 0.107 e. The highest BCUT2D eigenvalue weighted by Gasteiger charge is 2.14. The molecule has 1 aliphatic carbocycles. The molecule has 1 aliphatic rings. The summed E-state index contributed by atoms with van der Waals surface area (Å²) in [7, 11) is 0. The summed E-state index contributed by atoms with van der Waals surface area (Å²) in [5, 5.41) is 4.74. The minimum Gasteiger partial charge on any atom is -0.310 e. The molecule has 0 atom stereocenters. The molecule has 84 valence electrons. The fourth-order valence-electron chi connectivity index (χ4n) is 1.95. The predicted molar refractivity (Wildman–Crippen MR) is 65.3 cm³/mol. The second kappa shape index (κ2) is 5.08. The van der Waals surface area contributed by atoms with Crippen LogP contribution in [0.2, 0.25) is 0 Å². The number of thiazole rings is 1. The van der Waals surface area contributed by atoms with Crippen LogP contribution in [0.4, 0.5) is 0 Å². The van der Waals surface area contributed by atoms with Gasteiger partial charge in [0.15, 0.2) is 0 Å². The van der Waals surface area contributed by atoms with Crippen molar-refractivity contribution >= 4 is 11.3 Å². The summed E-state index contributed by atoms with van der Waals surface area (Å²) in [6.45, 7) is 6.51. The van der Waals surface area contributed by atoms with Crippen molar-refractivity contribution in [2.75, 3.05) is 6.54 Å². The average Bonchev–Trinajstić information content (AvgIpc) is 2.59. The summed E-state index contributed by atoms with van der Waals surface area (Å²) < 4.78 is 0. The number of aromatic nitrogens is 1. The molecule has 0 saturated carbocycles. The smallest absolute Gasteiger partial charge is 0.107 e. The molecule has 2 rings (SSSR count). The summed E-state index contributed by atoms with van der Waals surface area (Å²) >= 11 is 1.91. The number of nitrogens with one attached hydrogen (secondary N) is 1. The topological polar surface area (TPSA) is 24.9 Å². The van der Waals surface area contributed by atoms with Gasteiger partial charge in [0.05, 0.1) is 5.69 Å². The van der Waals surface area contributed by atoms with Gasteiger partial charge in [0.25, 0.3) is 0 Å². The van der Waals surface area contributed by atoms with E-state index in [1.165, 1.54) is 36.4 Å². The molecule has 3 heteroatoms. The van der Waals surface area contributed by atoms with Crippen LogP contribution in [0.5, 0.6) is 0 Å². The zero-order valence-electron chi connectivity index (χ0n) is 9.68. The van der Waals surface area contributed by atoms with Gasteiger partial charge in [-0.1, -0.05) is 13.8 Å². The van der Waals surface area contributed by atoms with Gasteiger partial charge in [-0.3, -0.25) is 0 Å². The lowest BCUT2D eigenvalue weighted by molar-refractivity contribution is 0.551. The van der Waals surface area contributed by atoms with E-state index in [1.54, 1.807) is 4.88 Å². The Morgan fingerprint density at radius 2 is 2.13 bits per heavy atom. The van der Waals surface area contributed by atoms with Gasteiger partial charge in [0, 0.05) is 11.4 Å². The first-order valence-electron chi connectivity index (χ1n) is 5.94. The van der Waals surface area contributed by atoms with Crippen LogP contribution in [-0.2, 0) is 19.4 Å². The lowest BCUT2D eigenvalue weighted by atomic mass is 10.0. The van der Waals surface area contributed by atoms with Crippen LogP contribution in [0, 0.1) is 5.92 Å². The van der Waals surface area contributed by atoms with Crippen molar-refractivity contribution in [2.24, 2.45) is 5.92 Å². The molecule has 1 aromatic rings. The van der Waals surface area contributed by atoms with E-state index in [0.29, 0.717) is 0 Å². The molecule has 1 N–H and O–H groups in total. The van der Waals surface area contributed by atoms with Crippen molar-refractivity contribution in [2.45, 2.75) is 46.1 Å². The van der Waals surface area contributed by atoms with Gasteiger partial charge in [-0.25, -0.2) is 4.98 Å². The first-order chi connectivity index (χ1) is 7.25. The minimum absolute atomic E-state index is 0.722. The van der Waals surface area contributed by atoms with Crippen molar-refractivity contribution < 1.29 is 0 Å². The molecule has 1 aromatic heterocycles. The molecule has 0 bridgehead atoms. The molecule has 0 unspecified atom stereocenters. The Hall–Kier alpha value is -0.410. The monoisotopic (exact) mass is 224 g/mol. The first kappa shape index (κ1) is 11.1. The van der Waals surface area contributed by atoms with Crippen molar-refractivity contribution in [3.63, 3.8) is 0 Å². The summed E-state index contributed by atoms with van der Waals surface area (Å²) in [5.41, 5.74) is 1.38. The van der Waals surface area contributed by atoms with Crippen LogP contribution in [0.3, 0.4) is 0 Å². The maximum atomic E-state index is 4.70. The summed E-state index contributed by atoms with van der Waals surface area (Å²) in [4.78, 5) is 6.25. The summed E-state index contributed by atoms with van der Waals surface area (Å²) in [5.74, 6) is 0.722. The lowest BCUT2D eigenvalue weighted by Crippen LogP contribution is -2.18. The molecule has 0 radical (unpaired) electrons. The van der Waals surface area contributed by atoms with Crippen LogP contribution in [0.15, 0.2) is 0 Å². The first-order valence-corrected chi connectivity index (χ1v) is 6.75. The highest BCUT2D eigenvalue weighted by molar-refractivity contribution is 7.11. The second-order valence-corrected chi connectivity index (χ2v) is 5.88. The molecule has 0 aliphatic heterocycles. The Bertz CT molecular complexity index is 294. The zero-order valence-corrected chi connectivity index (χ0v) is 10.5. The third kappa shape index (κ3) is 3.02.